The van der Waals surface area contributed by atoms with Crippen LogP contribution in [0.3, 0.4) is 0 Å². The Labute approximate surface area is 199 Å². The maximum atomic E-state index is 14.8. The van der Waals surface area contributed by atoms with E-state index >= 15 is 0 Å². The second kappa shape index (κ2) is 9.57. The van der Waals surface area contributed by atoms with Gasteiger partial charge in [-0.25, -0.2) is 23.1 Å². The lowest BCUT2D eigenvalue weighted by Gasteiger charge is -2.24. The average Bonchev–Trinajstić information content (AvgIpc) is 3.27. The van der Waals surface area contributed by atoms with E-state index in [0.29, 0.717) is 16.8 Å². The molecule has 0 aliphatic carbocycles. The average molecular weight is 480 g/mol. The van der Waals surface area contributed by atoms with E-state index in [2.05, 4.69) is 25.6 Å². The number of benzene rings is 2. The van der Waals surface area contributed by atoms with Crippen molar-refractivity contribution in [2.24, 2.45) is 0 Å². The Balaban J connectivity index is 1.58. The van der Waals surface area contributed by atoms with E-state index < -0.39 is 30.1 Å². The monoisotopic (exact) mass is 480 g/mol. The van der Waals surface area contributed by atoms with Gasteiger partial charge in [0.25, 0.3) is 11.8 Å². The minimum atomic E-state index is -3.19. The Morgan fingerprint density at radius 2 is 1.91 bits per heavy atom. The van der Waals surface area contributed by atoms with Gasteiger partial charge in [0.1, 0.15) is 17.0 Å². The number of anilines is 1. The number of H-pyrrole nitrogens is 1. The second-order valence-corrected chi connectivity index (χ2v) is 8.09. The van der Waals surface area contributed by atoms with E-state index in [1.54, 1.807) is 37.4 Å². The topological polar surface area (TPSA) is 107 Å². The summed E-state index contributed by atoms with van der Waals surface area (Å²) in [6.07, 6.45) is 2.17. The van der Waals surface area contributed by atoms with Crippen LogP contribution < -0.4 is 10.6 Å². The van der Waals surface area contributed by atoms with E-state index in [0.717, 1.165) is 0 Å². The number of aromatic nitrogens is 3. The molecule has 2 heterocycles. The molecule has 0 fully saturated rings. The van der Waals surface area contributed by atoms with Crippen LogP contribution >= 0.6 is 0 Å². The molecule has 4 N–H and O–H groups in total. The van der Waals surface area contributed by atoms with Crippen molar-refractivity contribution in [1.82, 2.24) is 20.3 Å². The van der Waals surface area contributed by atoms with Gasteiger partial charge in [-0.05, 0) is 30.7 Å². The molecule has 4 rings (SSSR count). The summed E-state index contributed by atoms with van der Waals surface area (Å²) in [7, 11) is 1.60. The summed E-state index contributed by atoms with van der Waals surface area (Å²) >= 11 is 0. The van der Waals surface area contributed by atoms with Crippen molar-refractivity contribution in [1.29, 1.82) is 5.41 Å². The molecule has 1 atom stereocenters. The minimum Gasteiger partial charge on any atom is -0.387 e. The first-order valence-electron chi connectivity index (χ1n) is 10.8. The van der Waals surface area contributed by atoms with E-state index in [1.165, 1.54) is 37.5 Å². The molecule has 0 bridgehead atoms. The molecule has 0 unspecified atom stereocenters. The van der Waals surface area contributed by atoms with E-state index in [4.69, 9.17) is 5.41 Å². The predicted molar refractivity (Wildman–Crippen MR) is 128 cm³/mol. The third-order valence-electron chi connectivity index (χ3n) is 5.67. The van der Waals surface area contributed by atoms with Gasteiger partial charge < -0.3 is 15.6 Å². The molecule has 0 radical (unpaired) electrons. The van der Waals surface area contributed by atoms with Crippen LogP contribution in [-0.4, -0.2) is 45.6 Å². The molecule has 7 nitrogen and oxygen atoms in total. The third-order valence-corrected chi connectivity index (χ3v) is 5.67. The number of nitrogens with zero attached hydrogens (tertiary/aromatic N) is 2. The zero-order valence-corrected chi connectivity index (χ0v) is 19.0. The number of carbonyl (C=O) groups excluding carboxylic acids is 1. The largest absolute Gasteiger partial charge is 0.387 e. The van der Waals surface area contributed by atoms with Gasteiger partial charge >= 0.3 is 0 Å². The zero-order valence-electron chi connectivity index (χ0n) is 19.0. The number of fused-ring (bicyclic) bond motifs is 1. The Hall–Kier alpha value is -4.21. The molecule has 0 spiro atoms. The van der Waals surface area contributed by atoms with Crippen molar-refractivity contribution in [2.45, 2.75) is 25.3 Å². The lowest BCUT2D eigenvalue weighted by atomic mass is 10.0. The van der Waals surface area contributed by atoms with Crippen molar-refractivity contribution < 1.29 is 18.0 Å². The van der Waals surface area contributed by atoms with E-state index in [1.807, 2.05) is 0 Å². The van der Waals surface area contributed by atoms with Gasteiger partial charge in [-0.15, -0.1) is 0 Å². The summed E-state index contributed by atoms with van der Waals surface area (Å²) in [6.45, 7) is 1.25. The Morgan fingerprint density at radius 1 is 1.17 bits per heavy atom. The summed E-state index contributed by atoms with van der Waals surface area (Å²) in [5, 5.41) is 13.7. The summed E-state index contributed by atoms with van der Waals surface area (Å²) in [5.74, 6) is -4.39. The summed E-state index contributed by atoms with van der Waals surface area (Å²) in [4.78, 5) is 24.3. The Morgan fingerprint density at radius 3 is 2.63 bits per heavy atom. The number of hydrogen-bond acceptors (Lipinski definition) is 5. The highest BCUT2D eigenvalue weighted by molar-refractivity contribution is 6.14. The van der Waals surface area contributed by atoms with Crippen LogP contribution in [0.5, 0.6) is 0 Å². The van der Waals surface area contributed by atoms with Crippen LogP contribution in [0.15, 0.2) is 60.9 Å². The van der Waals surface area contributed by atoms with Crippen molar-refractivity contribution >= 4 is 28.5 Å². The SMILES string of the molecule is CNc1cc(F)ccc1C(=N)c1cnc2[nH]cc(C(=O)N[C@H](C)C(F)(F)Cc3ccccc3)c2n1. The van der Waals surface area contributed by atoms with E-state index in [9.17, 15) is 18.0 Å². The van der Waals surface area contributed by atoms with Gasteiger partial charge in [0, 0.05) is 30.9 Å². The number of amides is 1. The highest BCUT2D eigenvalue weighted by Crippen LogP contribution is 2.25. The molecule has 4 aromatic rings. The van der Waals surface area contributed by atoms with Crippen LogP contribution in [0.4, 0.5) is 18.9 Å². The van der Waals surface area contributed by atoms with Crippen molar-refractivity contribution in [3.05, 3.63) is 89.1 Å². The Bertz CT molecular complexity index is 1390. The fourth-order valence-corrected chi connectivity index (χ4v) is 3.67. The van der Waals surface area contributed by atoms with Crippen molar-refractivity contribution in [3.8, 4) is 0 Å². The molecule has 0 aliphatic rings. The van der Waals surface area contributed by atoms with Crippen LogP contribution in [0.1, 0.15) is 34.1 Å². The van der Waals surface area contributed by atoms with Crippen LogP contribution in [0, 0.1) is 11.2 Å². The van der Waals surface area contributed by atoms with Gasteiger partial charge in [-0.3, -0.25) is 10.2 Å². The highest BCUT2D eigenvalue weighted by Gasteiger charge is 2.38. The van der Waals surface area contributed by atoms with Gasteiger partial charge in [0.05, 0.1) is 23.5 Å². The molecule has 0 saturated heterocycles. The van der Waals surface area contributed by atoms with Crippen LogP contribution in [-0.2, 0) is 6.42 Å². The molecular weight excluding hydrogens is 457 g/mol. The van der Waals surface area contributed by atoms with Crippen LogP contribution in [0.25, 0.3) is 11.2 Å². The van der Waals surface area contributed by atoms with Gasteiger partial charge in [0.2, 0.25) is 0 Å². The smallest absolute Gasteiger partial charge is 0.271 e. The van der Waals surface area contributed by atoms with Crippen molar-refractivity contribution in [3.63, 3.8) is 0 Å². The number of nitrogens with one attached hydrogen (secondary N) is 4. The quantitative estimate of drug-likeness (QED) is 0.278. The number of halogens is 3. The maximum absolute atomic E-state index is 14.8. The third kappa shape index (κ3) is 5.01. The predicted octanol–water partition coefficient (Wildman–Crippen LogP) is 4.55. The first kappa shape index (κ1) is 23.9. The summed E-state index contributed by atoms with van der Waals surface area (Å²) < 4.78 is 43.1. The zero-order chi connectivity index (χ0) is 25.2. The number of aromatic amines is 1. The van der Waals surface area contributed by atoms with Gasteiger partial charge in [-0.2, -0.15) is 0 Å². The summed E-state index contributed by atoms with van der Waals surface area (Å²) in [6, 6.07) is 10.8. The molecule has 10 heteroatoms. The molecule has 1 amide bonds. The first-order valence-corrected chi connectivity index (χ1v) is 10.8. The Kier molecular flexibility index (Phi) is 6.54. The standard InChI is InChI=1S/C25H23F3N6O/c1-14(25(27,28)11-15-6-4-3-5-7-15)33-24(35)18-12-31-23-22(18)34-20(13-32-23)21(29)17-9-8-16(26)10-19(17)30-2/h3-10,12-14,29-30H,11H2,1-2H3,(H,31,32)(H,33,35)/t14-/m1/s1. The fourth-order valence-electron chi connectivity index (χ4n) is 3.67. The first-order chi connectivity index (χ1) is 16.7. The minimum absolute atomic E-state index is 0.0254. The summed E-state index contributed by atoms with van der Waals surface area (Å²) in [5.41, 5.74) is 1.76. The lowest BCUT2D eigenvalue weighted by Crippen LogP contribution is -2.46. The van der Waals surface area contributed by atoms with Crippen LogP contribution in [0.2, 0.25) is 0 Å². The van der Waals surface area contributed by atoms with Gasteiger partial charge in [0.15, 0.2) is 5.65 Å². The maximum Gasteiger partial charge on any atom is 0.271 e. The lowest BCUT2D eigenvalue weighted by molar-refractivity contribution is -0.0290. The number of rotatable bonds is 8. The van der Waals surface area contributed by atoms with Crippen molar-refractivity contribution in [2.75, 3.05) is 12.4 Å². The molecule has 0 aliphatic heterocycles. The van der Waals surface area contributed by atoms with E-state index in [-0.39, 0.29) is 28.1 Å². The molecule has 2 aromatic heterocycles. The van der Waals surface area contributed by atoms with Gasteiger partial charge in [-0.1, -0.05) is 30.3 Å². The number of hydrogen-bond donors (Lipinski definition) is 4. The fraction of sp³-hybridized carbons (Fsp3) is 0.200. The number of carbonyl (C=O) groups is 1. The second-order valence-electron chi connectivity index (χ2n) is 8.09. The molecule has 0 saturated carbocycles. The molecule has 35 heavy (non-hydrogen) atoms. The molecular formula is C25H23F3N6O. The number of alkyl halides is 2. The molecule has 2 aromatic carbocycles. The molecule has 180 valence electrons. The normalized spacial score (nSPS) is 12.4. The highest BCUT2D eigenvalue weighted by atomic mass is 19.3.